The Hall–Kier alpha value is -2.73. The van der Waals surface area contributed by atoms with Crippen LogP contribution in [0.4, 0.5) is 4.39 Å². The van der Waals surface area contributed by atoms with Crippen LogP contribution >= 0.6 is 0 Å². The number of aliphatic hydroxyl groups excluding tert-OH is 1. The number of nitrogens with zero attached hydrogens (tertiary/aromatic N) is 2. The Morgan fingerprint density at radius 3 is 2.96 bits per heavy atom. The number of amides is 1. The quantitative estimate of drug-likeness (QED) is 0.756. The summed E-state index contributed by atoms with van der Waals surface area (Å²) < 4.78 is 19.2. The molecule has 0 unspecified atom stereocenters. The summed E-state index contributed by atoms with van der Waals surface area (Å²) in [5.74, 6) is -0.0822. The highest BCUT2D eigenvalue weighted by atomic mass is 19.1. The van der Waals surface area contributed by atoms with Crippen LogP contribution in [0.25, 0.3) is 22.6 Å². The van der Waals surface area contributed by atoms with Gasteiger partial charge in [-0.25, -0.2) is 9.37 Å². The topological polar surface area (TPSA) is 66.6 Å². The van der Waals surface area contributed by atoms with E-state index in [4.69, 9.17) is 4.42 Å². The van der Waals surface area contributed by atoms with Crippen molar-refractivity contribution in [2.45, 2.75) is 31.7 Å². The van der Waals surface area contributed by atoms with E-state index in [-0.39, 0.29) is 24.4 Å². The van der Waals surface area contributed by atoms with Crippen molar-refractivity contribution in [3.05, 3.63) is 53.8 Å². The first-order chi connectivity index (χ1) is 13.2. The lowest BCUT2D eigenvalue weighted by Crippen LogP contribution is -2.44. The highest BCUT2D eigenvalue weighted by Crippen LogP contribution is 2.27. The van der Waals surface area contributed by atoms with E-state index in [1.807, 2.05) is 4.90 Å². The monoisotopic (exact) mass is 368 g/mol. The van der Waals surface area contributed by atoms with E-state index >= 15 is 0 Å². The molecule has 0 aliphatic carbocycles. The zero-order valence-corrected chi connectivity index (χ0v) is 14.9. The second kappa shape index (κ2) is 7.48. The number of oxazole rings is 1. The molecule has 140 valence electrons. The van der Waals surface area contributed by atoms with Crippen LogP contribution < -0.4 is 0 Å². The number of benzene rings is 2. The zero-order chi connectivity index (χ0) is 18.8. The third-order valence-corrected chi connectivity index (χ3v) is 5.06. The maximum Gasteiger partial charge on any atom is 0.254 e. The number of aromatic nitrogens is 1. The summed E-state index contributed by atoms with van der Waals surface area (Å²) in [6.45, 7) is 0.780. The molecule has 1 fully saturated rings. The van der Waals surface area contributed by atoms with Gasteiger partial charge < -0.3 is 14.4 Å². The molecule has 1 aliphatic rings. The van der Waals surface area contributed by atoms with Crippen LogP contribution in [0, 0.1) is 5.82 Å². The highest BCUT2D eigenvalue weighted by Gasteiger charge is 2.27. The second-order valence-corrected chi connectivity index (χ2v) is 6.87. The smallest absolute Gasteiger partial charge is 0.254 e. The van der Waals surface area contributed by atoms with Crippen molar-refractivity contribution in [1.29, 1.82) is 0 Å². The molecule has 3 aromatic rings. The minimum Gasteiger partial charge on any atom is -0.436 e. The first-order valence-electron chi connectivity index (χ1n) is 9.24. The maximum absolute atomic E-state index is 13.4. The third kappa shape index (κ3) is 3.57. The number of piperidine rings is 1. The number of carbonyl (C=O) groups is 1. The molecule has 1 amide bonds. The number of rotatable bonds is 4. The number of hydrogen-bond donors (Lipinski definition) is 1. The van der Waals surface area contributed by atoms with Crippen LogP contribution in [-0.4, -0.2) is 40.1 Å². The van der Waals surface area contributed by atoms with E-state index in [0.717, 1.165) is 19.3 Å². The lowest BCUT2D eigenvalue weighted by Gasteiger charge is -2.35. The van der Waals surface area contributed by atoms with E-state index < -0.39 is 0 Å². The fraction of sp³-hybridized carbons (Fsp3) is 0.333. The molecule has 2 aromatic carbocycles. The fourth-order valence-electron chi connectivity index (χ4n) is 3.69. The molecule has 0 radical (unpaired) electrons. The number of aliphatic hydroxyl groups is 1. The van der Waals surface area contributed by atoms with Crippen molar-refractivity contribution in [2.24, 2.45) is 0 Å². The first-order valence-corrected chi connectivity index (χ1v) is 9.24. The van der Waals surface area contributed by atoms with Crippen molar-refractivity contribution in [1.82, 2.24) is 9.88 Å². The van der Waals surface area contributed by atoms with E-state index in [2.05, 4.69) is 4.98 Å². The van der Waals surface area contributed by atoms with Gasteiger partial charge in [-0.1, -0.05) is 6.07 Å². The lowest BCUT2D eigenvalue weighted by molar-refractivity contribution is 0.0575. The zero-order valence-electron chi connectivity index (χ0n) is 14.9. The van der Waals surface area contributed by atoms with Gasteiger partial charge in [0.2, 0.25) is 5.89 Å². The summed E-state index contributed by atoms with van der Waals surface area (Å²) in [5, 5.41) is 9.27. The molecule has 6 heteroatoms. The van der Waals surface area contributed by atoms with Crippen molar-refractivity contribution in [3.8, 4) is 11.5 Å². The molecular weight excluding hydrogens is 347 g/mol. The minimum atomic E-state index is -0.356. The van der Waals surface area contributed by atoms with Crippen LogP contribution in [-0.2, 0) is 0 Å². The summed E-state index contributed by atoms with van der Waals surface area (Å²) in [6, 6.07) is 11.3. The summed E-state index contributed by atoms with van der Waals surface area (Å²) in [5.41, 5.74) is 2.22. The molecular formula is C21H21FN2O3. The average molecular weight is 368 g/mol. The predicted molar refractivity (Wildman–Crippen MR) is 99.8 cm³/mol. The van der Waals surface area contributed by atoms with E-state index in [9.17, 15) is 14.3 Å². The number of likely N-dealkylation sites (tertiary alicyclic amines) is 1. The van der Waals surface area contributed by atoms with Gasteiger partial charge in [0.25, 0.3) is 5.91 Å². The van der Waals surface area contributed by atoms with Gasteiger partial charge in [0.1, 0.15) is 11.3 Å². The summed E-state index contributed by atoms with van der Waals surface area (Å²) >= 11 is 0. The van der Waals surface area contributed by atoms with Crippen LogP contribution in [0.1, 0.15) is 36.0 Å². The Bertz CT molecular complexity index is 967. The van der Waals surface area contributed by atoms with Crippen LogP contribution in [0.3, 0.4) is 0 Å². The maximum atomic E-state index is 13.4. The largest absolute Gasteiger partial charge is 0.436 e. The summed E-state index contributed by atoms with van der Waals surface area (Å²) in [6.07, 6.45) is 3.57. The molecule has 0 spiro atoms. The molecule has 1 atom stereocenters. The van der Waals surface area contributed by atoms with Gasteiger partial charge in [0.05, 0.1) is 0 Å². The van der Waals surface area contributed by atoms with E-state index in [1.54, 1.807) is 30.3 Å². The number of hydrogen-bond acceptors (Lipinski definition) is 4. The first kappa shape index (κ1) is 17.7. The van der Waals surface area contributed by atoms with Gasteiger partial charge in [0.15, 0.2) is 5.58 Å². The molecule has 27 heavy (non-hydrogen) atoms. The van der Waals surface area contributed by atoms with Gasteiger partial charge in [-0.2, -0.15) is 0 Å². The molecule has 2 heterocycles. The second-order valence-electron chi connectivity index (χ2n) is 6.87. The molecule has 4 rings (SSSR count). The number of halogens is 1. The molecule has 1 N–H and O–H groups in total. The summed E-state index contributed by atoms with van der Waals surface area (Å²) in [7, 11) is 0. The number of carbonyl (C=O) groups excluding carboxylic acids is 1. The number of fused-ring (bicyclic) bond motifs is 1. The normalized spacial score (nSPS) is 17.4. The van der Waals surface area contributed by atoms with Gasteiger partial charge in [-0.05, 0) is 62.1 Å². The van der Waals surface area contributed by atoms with Crippen molar-refractivity contribution >= 4 is 17.0 Å². The predicted octanol–water partition coefficient (Wildman–Crippen LogP) is 4.01. The van der Waals surface area contributed by atoms with Gasteiger partial charge >= 0.3 is 0 Å². The van der Waals surface area contributed by atoms with Gasteiger partial charge in [-0.15, -0.1) is 0 Å². The van der Waals surface area contributed by atoms with Crippen molar-refractivity contribution in [2.75, 3.05) is 13.2 Å². The molecule has 0 saturated carbocycles. The highest BCUT2D eigenvalue weighted by molar-refractivity contribution is 5.97. The molecule has 1 saturated heterocycles. The Labute approximate surface area is 156 Å². The van der Waals surface area contributed by atoms with Gasteiger partial charge in [-0.3, -0.25) is 4.79 Å². The van der Waals surface area contributed by atoms with Crippen LogP contribution in [0.15, 0.2) is 46.9 Å². The Morgan fingerprint density at radius 1 is 1.26 bits per heavy atom. The molecule has 5 nitrogen and oxygen atoms in total. The fourth-order valence-corrected chi connectivity index (χ4v) is 3.69. The minimum absolute atomic E-state index is 0.0506. The molecule has 0 bridgehead atoms. The van der Waals surface area contributed by atoms with E-state index in [0.29, 0.717) is 41.1 Å². The molecule has 1 aliphatic heterocycles. The van der Waals surface area contributed by atoms with E-state index in [1.165, 1.54) is 12.1 Å². The van der Waals surface area contributed by atoms with Crippen molar-refractivity contribution in [3.63, 3.8) is 0 Å². The Morgan fingerprint density at radius 2 is 2.15 bits per heavy atom. The standard InChI is InChI=1S/C21H21FN2O3/c22-16-5-3-4-14(12-16)20-23-18-13-15(7-8-19(18)27-20)21(26)24-10-2-1-6-17(24)9-11-25/h3-5,7-8,12-13,17,25H,1-2,6,9-11H2/t17-/m0/s1. The Kier molecular flexibility index (Phi) is 4.90. The van der Waals surface area contributed by atoms with Crippen LogP contribution in [0.5, 0.6) is 0 Å². The SMILES string of the molecule is O=C(c1ccc2oc(-c3cccc(F)c3)nc2c1)N1CCCC[C@H]1CCO. The average Bonchev–Trinajstić information content (AvgIpc) is 3.11. The van der Waals surface area contributed by atoms with Crippen LogP contribution in [0.2, 0.25) is 0 Å². The third-order valence-electron chi connectivity index (χ3n) is 5.06. The van der Waals surface area contributed by atoms with Crippen molar-refractivity contribution < 1.29 is 18.7 Å². The van der Waals surface area contributed by atoms with Gasteiger partial charge in [0, 0.05) is 30.3 Å². The molecule has 1 aromatic heterocycles. The Balaban J connectivity index is 1.64. The summed E-state index contributed by atoms with van der Waals surface area (Å²) in [4.78, 5) is 19.3. The lowest BCUT2D eigenvalue weighted by atomic mass is 9.98.